The summed E-state index contributed by atoms with van der Waals surface area (Å²) < 4.78 is 0. The number of hydrogen-bond acceptors (Lipinski definition) is 3. The summed E-state index contributed by atoms with van der Waals surface area (Å²) in [6.45, 7) is 4.39. The maximum atomic E-state index is 12.5. The van der Waals surface area contributed by atoms with Crippen molar-refractivity contribution in [3.63, 3.8) is 0 Å². The summed E-state index contributed by atoms with van der Waals surface area (Å²) in [6, 6.07) is 9.21. The molecule has 2 rings (SSSR count). The van der Waals surface area contributed by atoms with Gasteiger partial charge in [-0.25, -0.2) is 0 Å². The minimum absolute atomic E-state index is 0.0977. The number of rotatable bonds is 3. The average Bonchev–Trinajstić information content (AvgIpc) is 2.42. The number of nitrogens with zero attached hydrogens (tertiary/aromatic N) is 2. The quantitative estimate of drug-likeness (QED) is 0.918. The Morgan fingerprint density at radius 2 is 2.05 bits per heavy atom. The lowest BCUT2D eigenvalue weighted by molar-refractivity contribution is 0.0985. The third-order valence-electron chi connectivity index (χ3n) is 3.00. The first kappa shape index (κ1) is 13.1. The Hall–Kier alpha value is -2.36. The molecular formula is C15H16N2O2. The molecule has 0 radical (unpaired) electrons. The van der Waals surface area contributed by atoms with Crippen molar-refractivity contribution in [2.24, 2.45) is 0 Å². The van der Waals surface area contributed by atoms with Crippen LogP contribution >= 0.6 is 0 Å². The molecule has 1 heterocycles. The largest absolute Gasteiger partial charge is 0.505 e. The second kappa shape index (κ2) is 5.52. The maximum Gasteiger partial charge on any atom is 0.262 e. The van der Waals surface area contributed by atoms with Gasteiger partial charge in [0.2, 0.25) is 0 Å². The van der Waals surface area contributed by atoms with Crippen molar-refractivity contribution in [3.05, 3.63) is 53.9 Å². The Labute approximate surface area is 112 Å². The fourth-order valence-corrected chi connectivity index (χ4v) is 2.00. The Morgan fingerprint density at radius 3 is 2.68 bits per heavy atom. The summed E-state index contributed by atoms with van der Waals surface area (Å²) in [4.78, 5) is 17.9. The molecule has 4 nitrogen and oxygen atoms in total. The fourth-order valence-electron chi connectivity index (χ4n) is 2.00. The normalized spacial score (nSPS) is 10.2. The van der Waals surface area contributed by atoms with Crippen molar-refractivity contribution >= 4 is 11.6 Å². The van der Waals surface area contributed by atoms with E-state index in [-0.39, 0.29) is 17.2 Å². The van der Waals surface area contributed by atoms with Crippen LogP contribution < -0.4 is 4.90 Å². The number of amides is 1. The lowest BCUT2D eigenvalue weighted by Gasteiger charge is -2.23. The highest BCUT2D eigenvalue weighted by Crippen LogP contribution is 2.24. The molecule has 1 N–H and O–H groups in total. The molecule has 0 saturated carbocycles. The van der Waals surface area contributed by atoms with E-state index in [1.807, 2.05) is 38.1 Å². The van der Waals surface area contributed by atoms with Gasteiger partial charge in [0, 0.05) is 18.4 Å². The summed E-state index contributed by atoms with van der Waals surface area (Å²) >= 11 is 0. The van der Waals surface area contributed by atoms with Crippen molar-refractivity contribution < 1.29 is 9.90 Å². The van der Waals surface area contributed by atoms with Gasteiger partial charge in [0.25, 0.3) is 5.91 Å². The first-order valence-electron chi connectivity index (χ1n) is 6.15. The van der Waals surface area contributed by atoms with E-state index in [0.29, 0.717) is 6.54 Å². The number of hydrogen-bond donors (Lipinski definition) is 1. The van der Waals surface area contributed by atoms with E-state index in [1.165, 1.54) is 18.5 Å². The number of para-hydroxylation sites is 1. The van der Waals surface area contributed by atoms with Crippen LogP contribution in [0.25, 0.3) is 0 Å². The zero-order chi connectivity index (χ0) is 13.8. The molecule has 0 saturated heterocycles. The van der Waals surface area contributed by atoms with E-state index in [9.17, 15) is 9.90 Å². The van der Waals surface area contributed by atoms with Crippen LogP contribution in [0, 0.1) is 6.92 Å². The predicted molar refractivity (Wildman–Crippen MR) is 74.4 cm³/mol. The Bertz CT molecular complexity index is 596. The number of aromatic nitrogens is 1. The highest BCUT2D eigenvalue weighted by Gasteiger charge is 2.20. The van der Waals surface area contributed by atoms with Gasteiger partial charge in [0.15, 0.2) is 0 Å². The first-order chi connectivity index (χ1) is 9.15. The third kappa shape index (κ3) is 2.57. The summed E-state index contributed by atoms with van der Waals surface area (Å²) in [5, 5.41) is 9.73. The predicted octanol–water partition coefficient (Wildman–Crippen LogP) is 2.76. The minimum atomic E-state index is -0.225. The van der Waals surface area contributed by atoms with E-state index >= 15 is 0 Å². The van der Waals surface area contributed by atoms with Crippen LogP contribution in [0.2, 0.25) is 0 Å². The second-order valence-corrected chi connectivity index (χ2v) is 4.23. The zero-order valence-electron chi connectivity index (χ0n) is 11.0. The lowest BCUT2D eigenvalue weighted by Crippen LogP contribution is -2.31. The minimum Gasteiger partial charge on any atom is -0.505 e. The van der Waals surface area contributed by atoms with Gasteiger partial charge in [0.1, 0.15) is 5.75 Å². The van der Waals surface area contributed by atoms with E-state index in [1.54, 1.807) is 4.90 Å². The van der Waals surface area contributed by atoms with Crippen molar-refractivity contribution in [1.82, 2.24) is 4.98 Å². The molecule has 19 heavy (non-hydrogen) atoms. The van der Waals surface area contributed by atoms with Gasteiger partial charge >= 0.3 is 0 Å². The van der Waals surface area contributed by atoms with Gasteiger partial charge in [-0.3, -0.25) is 9.78 Å². The lowest BCUT2D eigenvalue weighted by atomic mass is 10.1. The molecule has 0 aliphatic heterocycles. The monoisotopic (exact) mass is 256 g/mol. The van der Waals surface area contributed by atoms with E-state index in [0.717, 1.165) is 11.3 Å². The molecule has 2 aromatic rings. The molecule has 0 spiro atoms. The van der Waals surface area contributed by atoms with Crippen molar-refractivity contribution in [2.45, 2.75) is 13.8 Å². The smallest absolute Gasteiger partial charge is 0.262 e. The molecule has 4 heteroatoms. The number of anilines is 1. The Kier molecular flexibility index (Phi) is 3.80. The highest BCUT2D eigenvalue weighted by molar-refractivity contribution is 6.08. The Balaban J connectivity index is 2.41. The van der Waals surface area contributed by atoms with Crippen molar-refractivity contribution in [3.8, 4) is 5.75 Å². The SMILES string of the molecule is CCN(C(=O)c1ccncc1O)c1ccccc1C. The van der Waals surface area contributed by atoms with E-state index in [2.05, 4.69) is 4.98 Å². The van der Waals surface area contributed by atoms with Crippen molar-refractivity contribution in [2.75, 3.05) is 11.4 Å². The van der Waals surface area contributed by atoms with Crippen LogP contribution in [0.3, 0.4) is 0 Å². The van der Waals surface area contributed by atoms with Crippen molar-refractivity contribution in [1.29, 1.82) is 0 Å². The van der Waals surface area contributed by atoms with Gasteiger partial charge in [-0.05, 0) is 31.5 Å². The number of aromatic hydroxyl groups is 1. The van der Waals surface area contributed by atoms with Gasteiger partial charge in [-0.1, -0.05) is 18.2 Å². The van der Waals surface area contributed by atoms with Gasteiger partial charge in [-0.2, -0.15) is 0 Å². The van der Waals surface area contributed by atoms with Gasteiger partial charge in [0.05, 0.1) is 11.8 Å². The number of aryl methyl sites for hydroxylation is 1. The standard InChI is InChI=1S/C15H16N2O2/c1-3-17(13-7-5-4-6-11(13)2)15(19)12-8-9-16-10-14(12)18/h4-10,18H,3H2,1-2H3. The number of carbonyl (C=O) groups is 1. The van der Waals surface area contributed by atoms with E-state index in [4.69, 9.17) is 0 Å². The van der Waals surface area contributed by atoms with Crippen LogP contribution in [0.1, 0.15) is 22.8 Å². The third-order valence-corrected chi connectivity index (χ3v) is 3.00. The summed E-state index contributed by atoms with van der Waals surface area (Å²) in [6.07, 6.45) is 2.78. The summed E-state index contributed by atoms with van der Waals surface area (Å²) in [7, 11) is 0. The van der Waals surface area contributed by atoms with Gasteiger partial charge < -0.3 is 10.0 Å². The summed E-state index contributed by atoms with van der Waals surface area (Å²) in [5.74, 6) is -0.323. The molecule has 1 amide bonds. The van der Waals surface area contributed by atoms with Gasteiger partial charge in [-0.15, -0.1) is 0 Å². The van der Waals surface area contributed by atoms with Crippen LogP contribution in [0.15, 0.2) is 42.7 Å². The first-order valence-corrected chi connectivity index (χ1v) is 6.15. The molecule has 0 atom stereocenters. The molecule has 0 aliphatic carbocycles. The summed E-state index contributed by atoms with van der Waals surface area (Å²) in [5.41, 5.74) is 2.14. The van der Waals surface area contributed by atoms with Crippen LogP contribution in [-0.2, 0) is 0 Å². The maximum absolute atomic E-state index is 12.5. The topological polar surface area (TPSA) is 53.4 Å². The molecule has 0 aliphatic rings. The van der Waals surface area contributed by atoms with Crippen LogP contribution in [-0.4, -0.2) is 22.5 Å². The molecule has 98 valence electrons. The van der Waals surface area contributed by atoms with Crippen LogP contribution in [0.4, 0.5) is 5.69 Å². The molecule has 0 bridgehead atoms. The zero-order valence-corrected chi connectivity index (χ0v) is 11.0. The number of pyridine rings is 1. The van der Waals surface area contributed by atoms with E-state index < -0.39 is 0 Å². The average molecular weight is 256 g/mol. The highest BCUT2D eigenvalue weighted by atomic mass is 16.3. The molecule has 1 aromatic heterocycles. The Morgan fingerprint density at radius 1 is 1.32 bits per heavy atom. The molecule has 1 aromatic carbocycles. The molecular weight excluding hydrogens is 240 g/mol. The number of benzene rings is 1. The second-order valence-electron chi connectivity index (χ2n) is 4.23. The number of carbonyl (C=O) groups excluding carboxylic acids is 1. The molecule has 0 unspecified atom stereocenters. The fraction of sp³-hybridized carbons (Fsp3) is 0.200. The van der Waals surface area contributed by atoms with Crippen LogP contribution in [0.5, 0.6) is 5.75 Å². The molecule has 0 fully saturated rings.